The number of nitrogens with one attached hydrogen (secondary N) is 4. The number of Topliss-reactive ketones (excluding diaryl/α,β-unsaturated/α-hetero) is 1. The molecule has 1 fully saturated rings. The van der Waals surface area contributed by atoms with Crippen molar-refractivity contribution >= 4 is 40.1 Å². The lowest BCUT2D eigenvalue weighted by atomic mass is 10.1. The van der Waals surface area contributed by atoms with Crippen molar-refractivity contribution in [3.63, 3.8) is 0 Å². The van der Waals surface area contributed by atoms with Gasteiger partial charge in [0.25, 0.3) is 0 Å². The number of benzene rings is 1. The maximum atomic E-state index is 11.4. The van der Waals surface area contributed by atoms with Crippen LogP contribution in [0.4, 0.5) is 5.69 Å². The number of hydrogen-bond acceptors (Lipinski definition) is 3. The maximum Gasteiger partial charge on any atom is 0.171 e. The minimum absolute atomic E-state index is 0.0676. The van der Waals surface area contributed by atoms with E-state index in [1.165, 1.54) is 31.1 Å². The topological polar surface area (TPSA) is 50.0 Å². The fourth-order valence-electron chi connectivity index (χ4n) is 3.44. The van der Waals surface area contributed by atoms with Gasteiger partial charge in [0.1, 0.15) is 32.2 Å². The van der Waals surface area contributed by atoms with E-state index in [4.69, 9.17) is 12.2 Å². The summed E-state index contributed by atoms with van der Waals surface area (Å²) in [6.07, 6.45) is 0. The minimum Gasteiger partial charge on any atom is -0.356 e. The van der Waals surface area contributed by atoms with Gasteiger partial charge >= 0.3 is 0 Å². The first-order valence-corrected chi connectivity index (χ1v) is 10.7. The standard InChI is InChI=1S/C20H26N4OS2/c1-15(25)16-5-7-17(8-6-16)22-20(26)21-14-18(19-4-3-13-27-19)24-11-9-23(2)10-12-24/h3-8,13,18H,9-12,14H2,1-2H3,(H2,21,22,26)/p+2/t18-/m1/s1. The Balaban J connectivity index is 1.58. The van der Waals surface area contributed by atoms with Gasteiger partial charge in [0.2, 0.25) is 0 Å². The van der Waals surface area contributed by atoms with E-state index < -0.39 is 0 Å². The van der Waals surface area contributed by atoms with Gasteiger partial charge in [-0.25, -0.2) is 0 Å². The second kappa shape index (κ2) is 9.41. The Bertz CT molecular complexity index is 753. The van der Waals surface area contributed by atoms with E-state index in [9.17, 15) is 4.79 Å². The molecule has 1 atom stereocenters. The molecule has 2 heterocycles. The molecule has 0 amide bonds. The summed E-state index contributed by atoms with van der Waals surface area (Å²) in [5.41, 5.74) is 1.60. The molecular formula is C20H28N4OS2+2. The summed E-state index contributed by atoms with van der Waals surface area (Å²) < 4.78 is 0. The monoisotopic (exact) mass is 404 g/mol. The van der Waals surface area contributed by atoms with E-state index >= 15 is 0 Å². The predicted molar refractivity (Wildman–Crippen MR) is 115 cm³/mol. The van der Waals surface area contributed by atoms with Crippen molar-refractivity contribution in [3.05, 3.63) is 52.2 Å². The molecule has 1 saturated heterocycles. The number of likely N-dealkylation sites (N-methyl/N-ethyl adjacent to an activating group) is 1. The van der Waals surface area contributed by atoms with E-state index in [1.54, 1.807) is 16.7 Å². The smallest absolute Gasteiger partial charge is 0.171 e. The molecule has 27 heavy (non-hydrogen) atoms. The first kappa shape index (κ1) is 19.9. The zero-order valence-electron chi connectivity index (χ0n) is 15.9. The molecule has 4 N–H and O–H groups in total. The fourth-order valence-corrected chi connectivity index (χ4v) is 4.53. The van der Waals surface area contributed by atoms with Crippen LogP contribution in [0.1, 0.15) is 28.2 Å². The van der Waals surface area contributed by atoms with Crippen molar-refractivity contribution < 1.29 is 14.6 Å². The molecule has 5 nitrogen and oxygen atoms in total. The molecule has 0 spiro atoms. The van der Waals surface area contributed by atoms with Crippen LogP contribution in [0.2, 0.25) is 0 Å². The number of carbonyl (C=O) groups is 1. The van der Waals surface area contributed by atoms with Crippen LogP contribution in [0.3, 0.4) is 0 Å². The second-order valence-electron chi connectivity index (χ2n) is 7.15. The lowest BCUT2D eigenvalue weighted by Crippen LogP contribution is -3.27. The van der Waals surface area contributed by atoms with Gasteiger partial charge in [-0.15, -0.1) is 11.3 Å². The van der Waals surface area contributed by atoms with Crippen LogP contribution in [0.5, 0.6) is 0 Å². The van der Waals surface area contributed by atoms with Gasteiger partial charge in [-0.05, 0) is 54.9 Å². The highest BCUT2D eigenvalue weighted by molar-refractivity contribution is 7.80. The minimum atomic E-state index is 0.0676. The molecule has 2 aromatic rings. The Kier molecular flexibility index (Phi) is 6.95. The van der Waals surface area contributed by atoms with Crippen LogP contribution in [0.25, 0.3) is 0 Å². The van der Waals surface area contributed by atoms with Crippen molar-refractivity contribution in [2.24, 2.45) is 0 Å². The Morgan fingerprint density at radius 2 is 1.89 bits per heavy atom. The van der Waals surface area contributed by atoms with Gasteiger partial charge in [0.05, 0.1) is 18.5 Å². The summed E-state index contributed by atoms with van der Waals surface area (Å²) in [5.74, 6) is 0.0676. The molecule has 1 aromatic heterocycles. The molecule has 3 rings (SSSR count). The number of hydrogen-bond donors (Lipinski definition) is 4. The number of piperazine rings is 1. The Morgan fingerprint density at radius 1 is 1.19 bits per heavy atom. The molecule has 144 valence electrons. The zero-order valence-corrected chi connectivity index (χ0v) is 17.5. The van der Waals surface area contributed by atoms with Crippen molar-refractivity contribution in [1.29, 1.82) is 0 Å². The van der Waals surface area contributed by atoms with E-state index in [0.29, 0.717) is 16.7 Å². The fraction of sp³-hybridized carbons (Fsp3) is 0.400. The maximum absolute atomic E-state index is 11.4. The zero-order chi connectivity index (χ0) is 19.2. The quantitative estimate of drug-likeness (QED) is 0.416. The van der Waals surface area contributed by atoms with Gasteiger partial charge in [0, 0.05) is 11.3 Å². The summed E-state index contributed by atoms with van der Waals surface area (Å²) in [6.45, 7) is 7.17. The van der Waals surface area contributed by atoms with Crippen LogP contribution in [0, 0.1) is 0 Å². The largest absolute Gasteiger partial charge is 0.356 e. The summed E-state index contributed by atoms with van der Waals surface area (Å²) in [5, 5.41) is 9.38. The third kappa shape index (κ3) is 5.59. The molecular weight excluding hydrogens is 376 g/mol. The van der Waals surface area contributed by atoms with Crippen LogP contribution < -0.4 is 20.4 Å². The van der Waals surface area contributed by atoms with Crippen LogP contribution in [-0.4, -0.2) is 50.7 Å². The third-order valence-corrected chi connectivity index (χ3v) is 6.37. The molecule has 0 unspecified atom stereocenters. The Hall–Kier alpha value is -1.80. The van der Waals surface area contributed by atoms with Crippen molar-refractivity contribution in [2.45, 2.75) is 13.0 Å². The lowest BCUT2D eigenvalue weighted by Gasteiger charge is -2.33. The predicted octanol–water partition coefficient (Wildman–Crippen LogP) is 0.392. The van der Waals surface area contributed by atoms with E-state index in [0.717, 1.165) is 12.2 Å². The number of thiocarbonyl (C=S) groups is 1. The van der Waals surface area contributed by atoms with E-state index in [1.807, 2.05) is 35.6 Å². The van der Waals surface area contributed by atoms with Crippen LogP contribution >= 0.6 is 23.6 Å². The van der Waals surface area contributed by atoms with E-state index in [2.05, 4.69) is 35.2 Å². The van der Waals surface area contributed by atoms with Gasteiger partial charge in [0.15, 0.2) is 10.9 Å². The number of carbonyl (C=O) groups excluding carboxylic acids is 1. The second-order valence-corrected chi connectivity index (χ2v) is 8.54. The van der Waals surface area contributed by atoms with Gasteiger partial charge in [-0.1, -0.05) is 6.07 Å². The number of anilines is 1. The van der Waals surface area contributed by atoms with Crippen molar-refractivity contribution in [2.75, 3.05) is 45.1 Å². The average Bonchev–Trinajstić information content (AvgIpc) is 3.18. The first-order valence-electron chi connectivity index (χ1n) is 9.38. The van der Waals surface area contributed by atoms with Crippen LogP contribution in [0.15, 0.2) is 41.8 Å². The summed E-state index contributed by atoms with van der Waals surface area (Å²) in [6, 6.07) is 12.2. The summed E-state index contributed by atoms with van der Waals surface area (Å²) in [7, 11) is 2.27. The summed E-state index contributed by atoms with van der Waals surface area (Å²) in [4.78, 5) is 16.0. The highest BCUT2D eigenvalue weighted by Gasteiger charge is 2.29. The van der Waals surface area contributed by atoms with Crippen molar-refractivity contribution in [3.8, 4) is 0 Å². The molecule has 1 aliphatic heterocycles. The highest BCUT2D eigenvalue weighted by Crippen LogP contribution is 2.16. The third-order valence-electron chi connectivity index (χ3n) is 5.14. The number of thiophene rings is 1. The van der Waals surface area contributed by atoms with Gasteiger partial charge in [-0.3, -0.25) is 4.79 Å². The molecule has 7 heteroatoms. The van der Waals surface area contributed by atoms with Gasteiger partial charge < -0.3 is 20.4 Å². The molecule has 0 aliphatic carbocycles. The molecule has 0 saturated carbocycles. The molecule has 1 aromatic carbocycles. The van der Waals surface area contributed by atoms with Crippen LogP contribution in [-0.2, 0) is 0 Å². The lowest BCUT2D eigenvalue weighted by molar-refractivity contribution is -1.02. The number of quaternary nitrogens is 2. The van der Waals surface area contributed by atoms with Gasteiger partial charge in [-0.2, -0.15) is 0 Å². The summed E-state index contributed by atoms with van der Waals surface area (Å²) >= 11 is 7.31. The first-order chi connectivity index (χ1) is 13.0. The van der Waals surface area contributed by atoms with Crippen molar-refractivity contribution in [1.82, 2.24) is 5.32 Å². The normalized spacial score (nSPS) is 20.7. The molecule has 0 bridgehead atoms. The molecule has 1 aliphatic rings. The average molecular weight is 405 g/mol. The Morgan fingerprint density at radius 3 is 2.48 bits per heavy atom. The highest BCUT2D eigenvalue weighted by atomic mass is 32.1. The van der Waals surface area contributed by atoms with E-state index in [-0.39, 0.29) is 5.78 Å². The molecule has 0 radical (unpaired) electrons. The SMILES string of the molecule is CC(=O)c1ccc(NC(=S)NC[C@H](c2cccs2)[NH+]2CC[NH+](C)CC2)cc1. The Labute approximate surface area is 170 Å². The number of rotatable bonds is 6. The number of ketones is 1.